The lowest BCUT2D eigenvalue weighted by molar-refractivity contribution is 0.0388. The van der Waals surface area contributed by atoms with E-state index in [2.05, 4.69) is 27.7 Å². The lowest BCUT2D eigenvalue weighted by Crippen LogP contribution is -2.41. The van der Waals surface area contributed by atoms with Crippen LogP contribution in [0.15, 0.2) is 11.1 Å². The second-order valence-corrected chi connectivity index (χ2v) is 8.55. The van der Waals surface area contributed by atoms with E-state index in [-0.39, 0.29) is 23.3 Å². The molecular weight excluding hydrogens is 263 g/mol. The number of rotatable bonds is 0. The van der Waals surface area contributed by atoms with Gasteiger partial charge in [0.05, 0.1) is 0 Å². The van der Waals surface area contributed by atoms with Crippen LogP contribution in [0.5, 0.6) is 0 Å². The summed E-state index contributed by atoms with van der Waals surface area (Å²) < 4.78 is 0. The van der Waals surface area contributed by atoms with E-state index in [1.54, 1.807) is 5.57 Å². The fourth-order valence-corrected chi connectivity index (χ4v) is 5.60. The Balaban J connectivity index is 0.00000147. The summed E-state index contributed by atoms with van der Waals surface area (Å²) in [6, 6.07) is 0. The van der Waals surface area contributed by atoms with Gasteiger partial charge in [-0.25, -0.2) is 0 Å². The van der Waals surface area contributed by atoms with Gasteiger partial charge >= 0.3 is 0 Å². The molecule has 2 saturated carbocycles. The maximum Gasteiger partial charge on any atom is 0 e. The van der Waals surface area contributed by atoms with Gasteiger partial charge < -0.3 is 0 Å². The Labute approximate surface area is 143 Å². The van der Waals surface area contributed by atoms with E-state index in [9.17, 15) is 0 Å². The molecule has 3 rings (SSSR count). The molecule has 127 valence electrons. The number of allylic oxidation sites excluding steroid dienone is 2. The van der Waals surface area contributed by atoms with Gasteiger partial charge in [-0.3, -0.25) is 0 Å². The third kappa shape index (κ3) is 3.49. The molecule has 0 aromatic heterocycles. The Bertz CT molecular complexity index is 393. The van der Waals surface area contributed by atoms with Crippen LogP contribution in [0.2, 0.25) is 0 Å². The molecule has 0 N–H and O–H groups in total. The number of hydrogen-bond donors (Lipinski definition) is 0. The van der Waals surface area contributed by atoms with Crippen molar-refractivity contribution in [1.29, 1.82) is 0 Å². The van der Waals surface area contributed by atoms with Crippen LogP contribution >= 0.6 is 0 Å². The molecule has 1 heteroatoms. The van der Waals surface area contributed by atoms with Crippen LogP contribution in [0.3, 0.4) is 0 Å². The normalized spacial score (nSPS) is 36.5. The molecule has 3 unspecified atom stereocenters. The molecule has 0 heterocycles. The Kier molecular flexibility index (Phi) is 7.52. The Morgan fingerprint density at radius 2 is 1.55 bits per heavy atom. The molecule has 0 spiro atoms. The molecule has 0 nitrogen and oxygen atoms in total. The van der Waals surface area contributed by atoms with Gasteiger partial charge in [0.25, 0.3) is 0 Å². The van der Waals surface area contributed by atoms with E-state index in [0.29, 0.717) is 10.8 Å². The van der Waals surface area contributed by atoms with Crippen LogP contribution in [-0.2, 0) is 0 Å². The molecule has 0 saturated heterocycles. The van der Waals surface area contributed by atoms with Crippen LogP contribution in [0.25, 0.3) is 0 Å². The predicted octanol–water partition coefficient (Wildman–Crippen LogP) is 7.01. The maximum atomic E-state index is 2.61. The first kappa shape index (κ1) is 21.8. The van der Waals surface area contributed by atoms with Gasteiger partial charge in [-0.2, -0.15) is 0 Å². The van der Waals surface area contributed by atoms with Gasteiger partial charge in [-0.1, -0.05) is 59.6 Å². The fourth-order valence-electron chi connectivity index (χ4n) is 5.60. The molecule has 3 aliphatic carbocycles. The van der Waals surface area contributed by atoms with Crippen LogP contribution in [-0.4, -0.2) is 8.41 Å². The van der Waals surface area contributed by atoms with Gasteiger partial charge in [0.2, 0.25) is 0 Å². The molecule has 3 atom stereocenters. The van der Waals surface area contributed by atoms with Gasteiger partial charge in [0.15, 0.2) is 0 Å². The number of hydrogen-bond acceptors (Lipinski definition) is 0. The van der Waals surface area contributed by atoms with E-state index < -0.39 is 0 Å². The van der Waals surface area contributed by atoms with Crippen molar-refractivity contribution in [3.63, 3.8) is 0 Å². The summed E-state index contributed by atoms with van der Waals surface area (Å²) >= 11 is 0. The van der Waals surface area contributed by atoms with Crippen molar-refractivity contribution in [2.75, 3.05) is 0 Å². The molecule has 0 aliphatic heterocycles. The SMILES string of the molecule is C.C.CC1=C2CCC3(C)CCCCC3CC(CC1)C2(C)C.[B]. The fraction of sp³-hybridized carbons (Fsp3) is 0.905. The van der Waals surface area contributed by atoms with Gasteiger partial charge in [-0.15, -0.1) is 0 Å². The zero-order chi connectivity index (χ0) is 13.7. The van der Waals surface area contributed by atoms with Crippen molar-refractivity contribution in [1.82, 2.24) is 0 Å². The molecule has 0 aromatic rings. The van der Waals surface area contributed by atoms with E-state index in [1.165, 1.54) is 57.8 Å². The van der Waals surface area contributed by atoms with E-state index >= 15 is 0 Å². The average molecular weight is 303 g/mol. The monoisotopic (exact) mass is 303 g/mol. The zero-order valence-electron chi connectivity index (χ0n) is 14.1. The van der Waals surface area contributed by atoms with Crippen molar-refractivity contribution in [3.8, 4) is 0 Å². The minimum Gasteiger partial charge on any atom is -0.0776 e. The van der Waals surface area contributed by atoms with Crippen molar-refractivity contribution >= 4 is 8.41 Å². The molecule has 22 heavy (non-hydrogen) atoms. The second-order valence-electron chi connectivity index (χ2n) is 8.55. The lowest BCUT2D eigenvalue weighted by Gasteiger charge is -2.52. The quantitative estimate of drug-likeness (QED) is 0.333. The van der Waals surface area contributed by atoms with Crippen molar-refractivity contribution in [2.45, 2.75) is 100 Å². The second kappa shape index (κ2) is 7.58. The largest absolute Gasteiger partial charge is 0.0776 e. The van der Waals surface area contributed by atoms with Gasteiger partial charge in [0.1, 0.15) is 0 Å². The van der Waals surface area contributed by atoms with Gasteiger partial charge in [0, 0.05) is 8.41 Å². The molecule has 0 amide bonds. The Hall–Kier alpha value is -0.195. The summed E-state index contributed by atoms with van der Waals surface area (Å²) in [4.78, 5) is 0. The first-order valence-corrected chi connectivity index (χ1v) is 8.62. The summed E-state index contributed by atoms with van der Waals surface area (Å²) in [5.74, 6) is 1.97. The highest BCUT2D eigenvalue weighted by atomic mass is 14.5. The van der Waals surface area contributed by atoms with E-state index in [0.717, 1.165) is 11.8 Å². The third-order valence-electron chi connectivity index (χ3n) is 7.23. The van der Waals surface area contributed by atoms with Crippen LogP contribution in [0, 0.1) is 22.7 Å². The first-order valence-electron chi connectivity index (χ1n) is 8.62. The van der Waals surface area contributed by atoms with E-state index in [4.69, 9.17) is 0 Å². The molecule has 3 radical (unpaired) electrons. The highest BCUT2D eigenvalue weighted by molar-refractivity contribution is 5.75. The minimum atomic E-state index is 0. The highest BCUT2D eigenvalue weighted by Crippen LogP contribution is 2.57. The van der Waals surface area contributed by atoms with Crippen molar-refractivity contribution in [3.05, 3.63) is 11.1 Å². The Morgan fingerprint density at radius 1 is 0.864 bits per heavy atom. The molecule has 2 bridgehead atoms. The lowest BCUT2D eigenvalue weighted by atomic mass is 9.53. The van der Waals surface area contributed by atoms with Gasteiger partial charge in [-0.05, 0) is 74.5 Å². The van der Waals surface area contributed by atoms with Crippen molar-refractivity contribution in [2.24, 2.45) is 22.7 Å². The predicted molar refractivity (Wildman–Crippen MR) is 102 cm³/mol. The topological polar surface area (TPSA) is 0 Å². The van der Waals surface area contributed by atoms with Crippen LogP contribution in [0.4, 0.5) is 0 Å². The van der Waals surface area contributed by atoms with E-state index in [1.807, 2.05) is 5.57 Å². The average Bonchev–Trinajstić information content (AvgIpc) is 2.34. The summed E-state index contributed by atoms with van der Waals surface area (Å²) in [6.45, 7) is 10.1. The standard InChI is InChI=1S/C19H32.2CH4.B/c1-14-8-9-15-13-16-7-5-6-11-19(16,4)12-10-17(14)18(15,2)3;;;/h15-16H,5-13H2,1-4H3;2*1H4;. The van der Waals surface area contributed by atoms with Crippen LogP contribution < -0.4 is 0 Å². The Morgan fingerprint density at radius 3 is 2.23 bits per heavy atom. The molecule has 0 aromatic carbocycles. The van der Waals surface area contributed by atoms with Crippen molar-refractivity contribution < 1.29 is 0 Å². The first-order chi connectivity index (χ1) is 8.93. The smallest absolute Gasteiger partial charge is 0 e. The maximum absolute atomic E-state index is 2.61. The molecule has 3 aliphatic rings. The van der Waals surface area contributed by atoms with Crippen LogP contribution in [0.1, 0.15) is 100 Å². The third-order valence-corrected chi connectivity index (χ3v) is 7.23. The molecular formula is C21H40B. The minimum absolute atomic E-state index is 0. The zero-order valence-corrected chi connectivity index (χ0v) is 14.1. The number of fused-ring (bicyclic) bond motifs is 3. The molecule has 2 fully saturated rings. The summed E-state index contributed by atoms with van der Waals surface area (Å²) in [7, 11) is 0. The highest BCUT2D eigenvalue weighted by Gasteiger charge is 2.45. The summed E-state index contributed by atoms with van der Waals surface area (Å²) in [5, 5.41) is 0. The summed E-state index contributed by atoms with van der Waals surface area (Å²) in [6.07, 6.45) is 13.2. The summed E-state index contributed by atoms with van der Waals surface area (Å²) in [5.41, 5.74) is 4.73.